The molecule has 1 saturated heterocycles. The minimum Gasteiger partial charge on any atom is -0.481 e. The van der Waals surface area contributed by atoms with E-state index >= 15 is 0 Å². The van der Waals surface area contributed by atoms with Gasteiger partial charge in [0, 0.05) is 18.1 Å². The van der Waals surface area contributed by atoms with Gasteiger partial charge in [0.15, 0.2) is 6.10 Å². The van der Waals surface area contributed by atoms with Crippen molar-refractivity contribution in [2.45, 2.75) is 13.0 Å². The molecular weight excluding hydrogens is 340 g/mol. The molecule has 1 N–H and O–H groups in total. The highest BCUT2D eigenvalue weighted by Gasteiger charge is 2.19. The molecule has 3 rings (SSSR count). The first kappa shape index (κ1) is 17.6. The molecule has 25 heavy (non-hydrogen) atoms. The van der Waals surface area contributed by atoms with E-state index in [-0.39, 0.29) is 5.91 Å². The Morgan fingerprint density at radius 1 is 1.16 bits per heavy atom. The molecule has 2 aromatic rings. The summed E-state index contributed by atoms with van der Waals surface area (Å²) in [4.78, 5) is 14.7. The van der Waals surface area contributed by atoms with Crippen LogP contribution in [0.4, 0.5) is 11.4 Å². The van der Waals surface area contributed by atoms with Gasteiger partial charge in [-0.05, 0) is 43.3 Å². The van der Waals surface area contributed by atoms with Gasteiger partial charge < -0.3 is 19.7 Å². The van der Waals surface area contributed by atoms with Crippen LogP contribution in [0.2, 0.25) is 5.02 Å². The molecule has 0 spiro atoms. The standard InChI is InChI=1S/C19H21ClN2O3/c1-14(25-16-8-6-15(20)7-9-16)19(23)21-17-4-2-3-5-18(17)22-10-12-24-13-11-22/h2-9,14H,10-13H2,1H3,(H,21,23)/t14-/m1/s1. The summed E-state index contributed by atoms with van der Waals surface area (Å²) >= 11 is 5.86. The zero-order valence-corrected chi connectivity index (χ0v) is 14.8. The van der Waals surface area contributed by atoms with Crippen molar-refractivity contribution in [2.75, 3.05) is 36.5 Å². The number of nitrogens with one attached hydrogen (secondary N) is 1. The summed E-state index contributed by atoms with van der Waals surface area (Å²) in [6.45, 7) is 4.73. The number of hydrogen-bond donors (Lipinski definition) is 1. The molecule has 1 fully saturated rings. The fourth-order valence-electron chi connectivity index (χ4n) is 2.66. The summed E-state index contributed by atoms with van der Waals surface area (Å²) in [7, 11) is 0. The molecule has 0 radical (unpaired) electrons. The number of halogens is 1. The van der Waals surface area contributed by atoms with Gasteiger partial charge in [0.1, 0.15) is 5.75 Å². The summed E-state index contributed by atoms with van der Waals surface area (Å²) in [5.74, 6) is 0.407. The zero-order valence-electron chi connectivity index (χ0n) is 14.1. The van der Waals surface area contributed by atoms with Crippen molar-refractivity contribution in [3.8, 4) is 5.75 Å². The lowest BCUT2D eigenvalue weighted by Crippen LogP contribution is -2.37. The largest absolute Gasteiger partial charge is 0.481 e. The number of carbonyl (C=O) groups excluding carboxylic acids is 1. The molecular formula is C19H21ClN2O3. The third kappa shape index (κ3) is 4.65. The van der Waals surface area contributed by atoms with Crippen LogP contribution in [0, 0.1) is 0 Å². The van der Waals surface area contributed by atoms with E-state index in [1.165, 1.54) is 0 Å². The highest BCUT2D eigenvalue weighted by atomic mass is 35.5. The van der Waals surface area contributed by atoms with Crippen LogP contribution in [0.25, 0.3) is 0 Å². The Bertz CT molecular complexity index is 715. The Balaban J connectivity index is 1.66. The van der Waals surface area contributed by atoms with E-state index in [0.717, 1.165) is 24.5 Å². The topological polar surface area (TPSA) is 50.8 Å². The molecule has 0 unspecified atom stereocenters. The summed E-state index contributed by atoms with van der Waals surface area (Å²) in [5, 5.41) is 3.60. The molecule has 6 heteroatoms. The molecule has 1 atom stereocenters. The van der Waals surface area contributed by atoms with Crippen LogP contribution in [-0.4, -0.2) is 38.3 Å². The maximum atomic E-state index is 12.5. The van der Waals surface area contributed by atoms with E-state index in [0.29, 0.717) is 24.0 Å². The van der Waals surface area contributed by atoms with Crippen LogP contribution in [0.3, 0.4) is 0 Å². The minimum absolute atomic E-state index is 0.198. The monoisotopic (exact) mass is 360 g/mol. The van der Waals surface area contributed by atoms with Crippen LogP contribution in [0.5, 0.6) is 5.75 Å². The zero-order chi connectivity index (χ0) is 17.6. The third-order valence-electron chi connectivity index (χ3n) is 4.01. The van der Waals surface area contributed by atoms with E-state index in [4.69, 9.17) is 21.1 Å². The molecule has 2 aromatic carbocycles. The number of rotatable bonds is 5. The van der Waals surface area contributed by atoms with Gasteiger partial charge in [0.2, 0.25) is 0 Å². The van der Waals surface area contributed by atoms with E-state index in [2.05, 4.69) is 10.2 Å². The predicted octanol–water partition coefficient (Wildman–Crippen LogP) is 3.58. The van der Waals surface area contributed by atoms with Gasteiger partial charge in [-0.2, -0.15) is 0 Å². The Kier molecular flexibility index (Phi) is 5.79. The van der Waals surface area contributed by atoms with E-state index in [9.17, 15) is 4.79 Å². The number of benzene rings is 2. The average Bonchev–Trinajstić information content (AvgIpc) is 2.64. The van der Waals surface area contributed by atoms with E-state index in [1.807, 2.05) is 24.3 Å². The number of amides is 1. The summed E-state index contributed by atoms with van der Waals surface area (Å²) in [6.07, 6.45) is -0.626. The van der Waals surface area contributed by atoms with Gasteiger partial charge in [0.25, 0.3) is 5.91 Å². The van der Waals surface area contributed by atoms with Crippen LogP contribution in [0.15, 0.2) is 48.5 Å². The van der Waals surface area contributed by atoms with Gasteiger partial charge in [-0.25, -0.2) is 0 Å². The maximum absolute atomic E-state index is 12.5. The second kappa shape index (κ2) is 8.23. The van der Waals surface area contributed by atoms with Crippen molar-refractivity contribution in [1.82, 2.24) is 0 Å². The normalized spacial score (nSPS) is 15.5. The highest BCUT2D eigenvalue weighted by Crippen LogP contribution is 2.26. The number of anilines is 2. The van der Waals surface area contributed by atoms with E-state index in [1.54, 1.807) is 31.2 Å². The summed E-state index contributed by atoms with van der Waals surface area (Å²) in [6, 6.07) is 14.7. The summed E-state index contributed by atoms with van der Waals surface area (Å²) < 4.78 is 11.1. The van der Waals surface area contributed by atoms with Crippen LogP contribution in [0.1, 0.15) is 6.92 Å². The smallest absolute Gasteiger partial charge is 0.265 e. The van der Waals surface area contributed by atoms with Crippen LogP contribution in [-0.2, 0) is 9.53 Å². The lowest BCUT2D eigenvalue weighted by atomic mass is 10.2. The second-order valence-corrected chi connectivity index (χ2v) is 6.26. The van der Waals surface area contributed by atoms with Gasteiger partial charge >= 0.3 is 0 Å². The Morgan fingerprint density at radius 3 is 2.56 bits per heavy atom. The fraction of sp³-hybridized carbons (Fsp3) is 0.316. The van der Waals surface area contributed by atoms with Gasteiger partial charge in [0.05, 0.1) is 24.6 Å². The lowest BCUT2D eigenvalue weighted by Gasteiger charge is -2.30. The molecule has 0 aromatic heterocycles. The summed E-state index contributed by atoms with van der Waals surface area (Å²) in [5.41, 5.74) is 1.78. The van der Waals surface area contributed by atoms with Crippen molar-refractivity contribution in [1.29, 1.82) is 0 Å². The van der Waals surface area contributed by atoms with Gasteiger partial charge in [-0.1, -0.05) is 23.7 Å². The van der Waals surface area contributed by atoms with Crippen molar-refractivity contribution in [3.63, 3.8) is 0 Å². The first-order valence-corrected chi connectivity index (χ1v) is 8.66. The van der Waals surface area contributed by atoms with Crippen molar-refractivity contribution < 1.29 is 14.3 Å². The Morgan fingerprint density at radius 2 is 1.84 bits per heavy atom. The SMILES string of the molecule is C[C@@H](Oc1ccc(Cl)cc1)C(=O)Nc1ccccc1N1CCOCC1. The molecule has 0 aliphatic carbocycles. The Labute approximate surface area is 152 Å². The number of hydrogen-bond acceptors (Lipinski definition) is 4. The van der Waals surface area contributed by atoms with Crippen LogP contribution < -0.4 is 15.0 Å². The van der Waals surface area contributed by atoms with E-state index < -0.39 is 6.10 Å². The molecule has 1 heterocycles. The first-order chi connectivity index (χ1) is 12.1. The van der Waals surface area contributed by atoms with Gasteiger partial charge in [-0.3, -0.25) is 4.79 Å². The fourth-order valence-corrected chi connectivity index (χ4v) is 2.79. The molecule has 5 nitrogen and oxygen atoms in total. The molecule has 1 amide bonds. The van der Waals surface area contributed by atoms with Crippen molar-refractivity contribution >= 4 is 28.9 Å². The average molecular weight is 361 g/mol. The predicted molar refractivity (Wildman–Crippen MR) is 99.6 cm³/mol. The number of morpholine rings is 1. The third-order valence-corrected chi connectivity index (χ3v) is 4.26. The van der Waals surface area contributed by atoms with Crippen molar-refractivity contribution in [3.05, 3.63) is 53.6 Å². The highest BCUT2D eigenvalue weighted by molar-refractivity contribution is 6.30. The number of para-hydroxylation sites is 2. The number of carbonyl (C=O) groups is 1. The molecule has 1 aliphatic rings. The lowest BCUT2D eigenvalue weighted by molar-refractivity contribution is -0.122. The minimum atomic E-state index is -0.626. The maximum Gasteiger partial charge on any atom is 0.265 e. The molecule has 0 bridgehead atoms. The number of nitrogens with zero attached hydrogens (tertiary/aromatic N) is 1. The molecule has 1 aliphatic heterocycles. The second-order valence-electron chi connectivity index (χ2n) is 5.82. The van der Waals surface area contributed by atoms with Gasteiger partial charge in [-0.15, -0.1) is 0 Å². The first-order valence-electron chi connectivity index (χ1n) is 8.28. The quantitative estimate of drug-likeness (QED) is 0.885. The van der Waals surface area contributed by atoms with Crippen molar-refractivity contribution in [2.24, 2.45) is 0 Å². The molecule has 0 saturated carbocycles. The van der Waals surface area contributed by atoms with Crippen LogP contribution >= 0.6 is 11.6 Å². The number of ether oxygens (including phenoxy) is 2. The Hall–Kier alpha value is -2.24. The molecule has 132 valence electrons.